The van der Waals surface area contributed by atoms with E-state index in [1.54, 1.807) is 0 Å². The van der Waals surface area contributed by atoms with Crippen LogP contribution in [0.25, 0.3) is 0 Å². The van der Waals surface area contributed by atoms with Gasteiger partial charge in [-0.2, -0.15) is 11.8 Å². The fourth-order valence-electron chi connectivity index (χ4n) is 4.46. The van der Waals surface area contributed by atoms with Gasteiger partial charge < -0.3 is 10.2 Å². The molecule has 2 aliphatic heterocycles. The summed E-state index contributed by atoms with van der Waals surface area (Å²) in [6.07, 6.45) is 7.30. The van der Waals surface area contributed by atoms with Crippen LogP contribution in [0.5, 0.6) is 0 Å². The smallest absolute Gasteiger partial charge is 0.193 e. The number of aliphatic imine (C=N–C) groups is 1. The fraction of sp³-hybridized carbons (Fsp3) is 0.667. The molecule has 3 rings (SSSR count). The number of hydrogen-bond acceptors (Lipinski definition) is 3. The molecular formula is C21H35IN4S. The number of rotatable bonds is 6. The highest BCUT2D eigenvalue weighted by Gasteiger charge is 2.36. The Morgan fingerprint density at radius 2 is 2.04 bits per heavy atom. The molecular weight excluding hydrogens is 467 g/mol. The maximum Gasteiger partial charge on any atom is 0.193 e. The van der Waals surface area contributed by atoms with Crippen molar-refractivity contribution >= 4 is 41.7 Å². The SMILES string of the molecule is CN=C(NCCCSC)N1CCC2C(CCCN2Cc2ccccc2)C1.I. The zero-order valence-electron chi connectivity index (χ0n) is 16.8. The highest BCUT2D eigenvalue weighted by atomic mass is 127. The van der Waals surface area contributed by atoms with E-state index in [1.807, 2.05) is 18.8 Å². The minimum atomic E-state index is 0. The lowest BCUT2D eigenvalue weighted by Crippen LogP contribution is -2.56. The number of nitrogens with one attached hydrogen (secondary N) is 1. The summed E-state index contributed by atoms with van der Waals surface area (Å²) in [5.41, 5.74) is 1.45. The number of guanidine groups is 1. The third kappa shape index (κ3) is 6.53. The zero-order chi connectivity index (χ0) is 18.2. The molecule has 2 fully saturated rings. The van der Waals surface area contributed by atoms with Gasteiger partial charge in [-0.25, -0.2) is 0 Å². The van der Waals surface area contributed by atoms with Gasteiger partial charge in [-0.3, -0.25) is 9.89 Å². The fourth-order valence-corrected chi connectivity index (χ4v) is 4.90. The normalized spacial score (nSPS) is 23.5. The third-order valence-electron chi connectivity index (χ3n) is 5.73. The van der Waals surface area contributed by atoms with Crippen molar-refractivity contribution in [3.8, 4) is 0 Å². The molecule has 2 atom stereocenters. The van der Waals surface area contributed by atoms with Crippen LogP contribution in [0, 0.1) is 5.92 Å². The van der Waals surface area contributed by atoms with E-state index in [-0.39, 0.29) is 24.0 Å². The van der Waals surface area contributed by atoms with E-state index in [2.05, 4.69) is 56.7 Å². The van der Waals surface area contributed by atoms with Crippen molar-refractivity contribution in [3.05, 3.63) is 35.9 Å². The molecule has 0 amide bonds. The topological polar surface area (TPSA) is 30.9 Å². The van der Waals surface area contributed by atoms with Gasteiger partial charge in [0.05, 0.1) is 0 Å². The van der Waals surface area contributed by atoms with Gasteiger partial charge in [0.2, 0.25) is 0 Å². The Labute approximate surface area is 186 Å². The van der Waals surface area contributed by atoms with Crippen molar-refractivity contribution in [3.63, 3.8) is 0 Å². The Bertz CT molecular complexity index is 569. The first-order chi connectivity index (χ1) is 12.8. The third-order valence-corrected chi connectivity index (χ3v) is 6.43. The van der Waals surface area contributed by atoms with Gasteiger partial charge >= 0.3 is 0 Å². The van der Waals surface area contributed by atoms with Gasteiger partial charge in [0.25, 0.3) is 0 Å². The molecule has 0 saturated carbocycles. The lowest BCUT2D eigenvalue weighted by molar-refractivity contribution is 0.0373. The Kier molecular flexibility index (Phi) is 10.3. The van der Waals surface area contributed by atoms with Crippen LogP contribution < -0.4 is 5.32 Å². The monoisotopic (exact) mass is 502 g/mol. The zero-order valence-corrected chi connectivity index (χ0v) is 19.9. The number of hydrogen-bond donors (Lipinski definition) is 1. The Balaban J connectivity index is 0.00000261. The molecule has 152 valence electrons. The lowest BCUT2D eigenvalue weighted by Gasteiger charge is -2.48. The van der Waals surface area contributed by atoms with Crippen LogP contribution in [0.15, 0.2) is 35.3 Å². The van der Waals surface area contributed by atoms with E-state index < -0.39 is 0 Å². The van der Waals surface area contributed by atoms with Crippen LogP contribution >= 0.6 is 35.7 Å². The molecule has 2 unspecified atom stereocenters. The maximum atomic E-state index is 4.54. The molecule has 2 heterocycles. The first-order valence-corrected chi connectivity index (χ1v) is 11.4. The van der Waals surface area contributed by atoms with Gasteiger partial charge in [0.15, 0.2) is 5.96 Å². The van der Waals surface area contributed by atoms with Crippen molar-refractivity contribution < 1.29 is 0 Å². The lowest BCUT2D eigenvalue weighted by atomic mass is 9.83. The van der Waals surface area contributed by atoms with Crippen molar-refractivity contribution in [2.75, 3.05) is 45.2 Å². The minimum absolute atomic E-state index is 0. The first kappa shape index (κ1) is 22.8. The number of piperidine rings is 2. The molecule has 0 spiro atoms. The van der Waals surface area contributed by atoms with E-state index in [9.17, 15) is 0 Å². The molecule has 2 aliphatic rings. The van der Waals surface area contributed by atoms with Gasteiger partial charge in [-0.1, -0.05) is 30.3 Å². The van der Waals surface area contributed by atoms with Crippen LogP contribution in [0.1, 0.15) is 31.2 Å². The predicted molar refractivity (Wildman–Crippen MR) is 129 cm³/mol. The molecule has 0 aromatic heterocycles. The summed E-state index contributed by atoms with van der Waals surface area (Å²) in [6.45, 7) is 5.65. The summed E-state index contributed by atoms with van der Waals surface area (Å²) in [5, 5.41) is 3.57. The summed E-state index contributed by atoms with van der Waals surface area (Å²) >= 11 is 1.91. The number of benzene rings is 1. The molecule has 4 nitrogen and oxygen atoms in total. The average Bonchev–Trinajstić information content (AvgIpc) is 2.69. The Morgan fingerprint density at radius 1 is 1.22 bits per heavy atom. The number of halogens is 1. The van der Waals surface area contributed by atoms with Gasteiger partial charge in [0, 0.05) is 39.3 Å². The summed E-state index contributed by atoms with van der Waals surface area (Å²) in [5.74, 6) is 3.08. The van der Waals surface area contributed by atoms with Crippen molar-refractivity contribution in [1.82, 2.24) is 15.1 Å². The predicted octanol–water partition coefficient (Wildman–Crippen LogP) is 3.92. The second-order valence-corrected chi connectivity index (χ2v) is 8.47. The number of likely N-dealkylation sites (tertiary alicyclic amines) is 2. The number of nitrogens with zero attached hydrogens (tertiary/aromatic N) is 3. The molecule has 0 aliphatic carbocycles. The molecule has 6 heteroatoms. The van der Waals surface area contributed by atoms with Crippen molar-refractivity contribution in [1.29, 1.82) is 0 Å². The van der Waals surface area contributed by atoms with Gasteiger partial charge in [0.1, 0.15) is 0 Å². The first-order valence-electron chi connectivity index (χ1n) is 10.0. The summed E-state index contributed by atoms with van der Waals surface area (Å²) in [4.78, 5) is 9.77. The highest BCUT2D eigenvalue weighted by Crippen LogP contribution is 2.31. The van der Waals surface area contributed by atoms with Crippen LogP contribution in [-0.2, 0) is 6.54 Å². The largest absolute Gasteiger partial charge is 0.356 e. The molecule has 0 radical (unpaired) electrons. The molecule has 27 heavy (non-hydrogen) atoms. The Hall–Kier alpha value is -0.470. The van der Waals surface area contributed by atoms with Crippen LogP contribution in [0.3, 0.4) is 0 Å². The molecule has 2 saturated heterocycles. The highest BCUT2D eigenvalue weighted by molar-refractivity contribution is 14.0. The molecule has 1 aromatic carbocycles. The Morgan fingerprint density at radius 3 is 2.78 bits per heavy atom. The van der Waals surface area contributed by atoms with E-state index in [0.29, 0.717) is 0 Å². The number of thioether (sulfide) groups is 1. The van der Waals surface area contributed by atoms with E-state index in [4.69, 9.17) is 0 Å². The van der Waals surface area contributed by atoms with Crippen molar-refractivity contribution in [2.45, 2.75) is 38.3 Å². The quantitative estimate of drug-likeness (QED) is 0.277. The number of fused-ring (bicyclic) bond motifs is 1. The van der Waals surface area contributed by atoms with Crippen LogP contribution in [0.2, 0.25) is 0 Å². The average molecular weight is 503 g/mol. The second-order valence-electron chi connectivity index (χ2n) is 7.48. The van der Waals surface area contributed by atoms with Crippen molar-refractivity contribution in [2.24, 2.45) is 10.9 Å². The molecule has 1 N–H and O–H groups in total. The van der Waals surface area contributed by atoms with Crippen LogP contribution in [0.4, 0.5) is 0 Å². The minimum Gasteiger partial charge on any atom is -0.356 e. The second kappa shape index (κ2) is 12.2. The van der Waals surface area contributed by atoms with E-state index in [0.717, 1.165) is 44.1 Å². The van der Waals surface area contributed by atoms with Crippen LogP contribution in [-0.4, -0.2) is 67.0 Å². The molecule has 0 bridgehead atoms. The van der Waals surface area contributed by atoms with Gasteiger partial charge in [-0.05, 0) is 55.7 Å². The standard InChI is InChI=1S/C21H34N4S.HI/c1-22-21(23-12-7-15-26-2)25-14-11-20-19(17-25)10-6-13-24(20)16-18-8-4-3-5-9-18;/h3-5,8-9,19-20H,6-7,10-17H2,1-2H3,(H,22,23);1H. The van der Waals surface area contributed by atoms with Gasteiger partial charge in [-0.15, -0.1) is 24.0 Å². The summed E-state index contributed by atoms with van der Waals surface area (Å²) in [7, 11) is 1.92. The maximum absolute atomic E-state index is 4.54. The molecule has 1 aromatic rings. The van der Waals surface area contributed by atoms with E-state index in [1.165, 1.54) is 43.5 Å². The van der Waals surface area contributed by atoms with E-state index >= 15 is 0 Å². The summed E-state index contributed by atoms with van der Waals surface area (Å²) < 4.78 is 0. The summed E-state index contributed by atoms with van der Waals surface area (Å²) in [6, 6.07) is 11.7.